The molecule has 1 aliphatic rings. The van der Waals surface area contributed by atoms with E-state index in [4.69, 9.17) is 10.2 Å². The number of furan rings is 1. The Balaban J connectivity index is 1.93. The number of nitrogens with zero attached hydrogens (tertiary/aromatic N) is 1. The van der Waals surface area contributed by atoms with Crippen molar-refractivity contribution >= 4 is 11.0 Å². The molecule has 0 saturated heterocycles. The minimum absolute atomic E-state index is 0.475. The molecular formula is C15H20N2O. The summed E-state index contributed by atoms with van der Waals surface area (Å²) in [6.07, 6.45) is 4.01. The molecular weight excluding hydrogens is 224 g/mol. The van der Waals surface area contributed by atoms with Gasteiger partial charge in [0.05, 0.1) is 6.54 Å². The predicted molar refractivity (Wildman–Crippen MR) is 73.2 cm³/mol. The molecule has 0 atom stereocenters. The van der Waals surface area contributed by atoms with Gasteiger partial charge >= 0.3 is 0 Å². The molecule has 3 rings (SSSR count). The maximum absolute atomic E-state index is 5.83. The van der Waals surface area contributed by atoms with Gasteiger partial charge in [-0.25, -0.2) is 0 Å². The van der Waals surface area contributed by atoms with Crippen molar-refractivity contribution < 1.29 is 4.42 Å². The first kappa shape index (κ1) is 11.8. The molecule has 1 fully saturated rings. The van der Waals surface area contributed by atoms with Crippen LogP contribution in [0.25, 0.3) is 11.0 Å². The van der Waals surface area contributed by atoms with Crippen LogP contribution in [0.2, 0.25) is 0 Å². The summed E-state index contributed by atoms with van der Waals surface area (Å²) < 4.78 is 5.83. The Morgan fingerprint density at radius 2 is 2.11 bits per heavy atom. The first-order valence-corrected chi connectivity index (χ1v) is 6.69. The Bertz CT molecular complexity index is 542. The fourth-order valence-electron chi connectivity index (χ4n) is 2.69. The molecule has 2 aromatic rings. The highest BCUT2D eigenvalue weighted by Gasteiger charge is 2.24. The standard InChI is InChI=1S/C15H20N2O/c1-17(11-5-4-6-11)10-13-12-7-2-3-8-14(12)18-15(13)9-16/h2-3,7-8,11H,4-6,9-10,16H2,1H3. The van der Waals surface area contributed by atoms with Gasteiger partial charge in [0, 0.05) is 23.5 Å². The third kappa shape index (κ3) is 1.93. The molecule has 1 saturated carbocycles. The van der Waals surface area contributed by atoms with Gasteiger partial charge in [-0.05, 0) is 26.0 Å². The van der Waals surface area contributed by atoms with Crippen LogP contribution in [0.5, 0.6) is 0 Å². The minimum atomic E-state index is 0.475. The van der Waals surface area contributed by atoms with Crippen LogP contribution >= 0.6 is 0 Å². The quantitative estimate of drug-likeness (QED) is 0.899. The van der Waals surface area contributed by atoms with Crippen LogP contribution in [-0.2, 0) is 13.1 Å². The summed E-state index contributed by atoms with van der Waals surface area (Å²) in [4.78, 5) is 2.43. The molecule has 0 aliphatic heterocycles. The fraction of sp³-hybridized carbons (Fsp3) is 0.467. The van der Waals surface area contributed by atoms with Gasteiger partial charge in [0.15, 0.2) is 0 Å². The zero-order valence-corrected chi connectivity index (χ0v) is 10.9. The number of fused-ring (bicyclic) bond motifs is 1. The van der Waals surface area contributed by atoms with Gasteiger partial charge in [0.2, 0.25) is 0 Å². The van der Waals surface area contributed by atoms with E-state index in [1.54, 1.807) is 0 Å². The number of benzene rings is 1. The van der Waals surface area contributed by atoms with Gasteiger partial charge in [-0.3, -0.25) is 4.90 Å². The lowest BCUT2D eigenvalue weighted by Gasteiger charge is -2.34. The summed E-state index contributed by atoms with van der Waals surface area (Å²) in [6, 6.07) is 8.95. The summed E-state index contributed by atoms with van der Waals surface area (Å²) in [7, 11) is 2.20. The van der Waals surface area contributed by atoms with Crippen molar-refractivity contribution in [2.45, 2.75) is 38.4 Å². The highest BCUT2D eigenvalue weighted by molar-refractivity contribution is 5.82. The van der Waals surface area contributed by atoms with Gasteiger partial charge in [0.1, 0.15) is 11.3 Å². The monoisotopic (exact) mass is 244 g/mol. The maximum Gasteiger partial charge on any atom is 0.134 e. The van der Waals surface area contributed by atoms with E-state index in [0.29, 0.717) is 6.54 Å². The van der Waals surface area contributed by atoms with E-state index in [1.807, 2.05) is 12.1 Å². The Labute approximate surface area is 108 Å². The lowest BCUT2D eigenvalue weighted by Crippen LogP contribution is -2.36. The van der Waals surface area contributed by atoms with E-state index in [0.717, 1.165) is 23.9 Å². The normalized spacial score (nSPS) is 16.4. The molecule has 2 N–H and O–H groups in total. The molecule has 0 unspecified atom stereocenters. The summed E-state index contributed by atoms with van der Waals surface area (Å²) in [5, 5.41) is 1.21. The highest BCUT2D eigenvalue weighted by Crippen LogP contribution is 2.30. The second kappa shape index (κ2) is 4.75. The molecule has 96 valence electrons. The van der Waals surface area contributed by atoms with Gasteiger partial charge in [0.25, 0.3) is 0 Å². The SMILES string of the molecule is CN(Cc1c(CN)oc2ccccc12)C1CCC1. The molecule has 0 bridgehead atoms. The van der Waals surface area contributed by atoms with Crippen molar-refractivity contribution in [2.75, 3.05) is 7.05 Å². The largest absolute Gasteiger partial charge is 0.459 e. The Hall–Kier alpha value is -1.32. The zero-order valence-electron chi connectivity index (χ0n) is 10.9. The van der Waals surface area contributed by atoms with Crippen molar-refractivity contribution in [1.29, 1.82) is 0 Å². The Morgan fingerprint density at radius 3 is 2.78 bits per heavy atom. The van der Waals surface area contributed by atoms with Gasteiger partial charge in [-0.15, -0.1) is 0 Å². The van der Waals surface area contributed by atoms with Crippen molar-refractivity contribution in [1.82, 2.24) is 4.90 Å². The van der Waals surface area contributed by atoms with Gasteiger partial charge in [-0.1, -0.05) is 24.6 Å². The first-order chi connectivity index (χ1) is 8.79. The van der Waals surface area contributed by atoms with Crippen LogP contribution < -0.4 is 5.73 Å². The summed E-state index contributed by atoms with van der Waals surface area (Å²) in [5.41, 5.74) is 8.02. The Morgan fingerprint density at radius 1 is 1.33 bits per heavy atom. The van der Waals surface area contributed by atoms with E-state index in [-0.39, 0.29) is 0 Å². The van der Waals surface area contributed by atoms with E-state index >= 15 is 0 Å². The van der Waals surface area contributed by atoms with E-state index in [2.05, 4.69) is 24.1 Å². The average molecular weight is 244 g/mol. The molecule has 18 heavy (non-hydrogen) atoms. The zero-order chi connectivity index (χ0) is 12.5. The Kier molecular flexibility index (Phi) is 3.10. The molecule has 0 spiro atoms. The summed E-state index contributed by atoms with van der Waals surface area (Å²) in [6.45, 7) is 1.41. The molecule has 1 aliphatic carbocycles. The number of hydrogen-bond acceptors (Lipinski definition) is 3. The van der Waals surface area contributed by atoms with Crippen molar-refractivity contribution in [3.05, 3.63) is 35.6 Å². The summed E-state index contributed by atoms with van der Waals surface area (Å²) in [5.74, 6) is 0.933. The molecule has 1 heterocycles. The predicted octanol–water partition coefficient (Wildman–Crippen LogP) is 2.88. The van der Waals surface area contributed by atoms with E-state index in [9.17, 15) is 0 Å². The molecule has 3 heteroatoms. The smallest absolute Gasteiger partial charge is 0.134 e. The lowest BCUT2D eigenvalue weighted by atomic mass is 9.91. The van der Waals surface area contributed by atoms with Crippen molar-refractivity contribution in [3.8, 4) is 0 Å². The van der Waals surface area contributed by atoms with Crippen molar-refractivity contribution in [2.24, 2.45) is 5.73 Å². The van der Waals surface area contributed by atoms with Crippen molar-refractivity contribution in [3.63, 3.8) is 0 Å². The second-order valence-electron chi connectivity index (χ2n) is 5.20. The first-order valence-electron chi connectivity index (χ1n) is 6.69. The van der Waals surface area contributed by atoms with Gasteiger partial charge in [-0.2, -0.15) is 0 Å². The number of hydrogen-bond donors (Lipinski definition) is 1. The number of rotatable bonds is 4. The molecule has 3 nitrogen and oxygen atoms in total. The average Bonchev–Trinajstić information content (AvgIpc) is 2.65. The third-order valence-electron chi connectivity index (χ3n) is 4.07. The molecule has 1 aromatic carbocycles. The van der Waals surface area contributed by atoms with Crippen LogP contribution in [0, 0.1) is 0 Å². The van der Waals surface area contributed by atoms with Crippen LogP contribution in [-0.4, -0.2) is 18.0 Å². The highest BCUT2D eigenvalue weighted by atomic mass is 16.3. The molecule has 1 aromatic heterocycles. The fourth-order valence-corrected chi connectivity index (χ4v) is 2.69. The topological polar surface area (TPSA) is 42.4 Å². The molecule has 0 radical (unpaired) electrons. The lowest BCUT2D eigenvalue weighted by molar-refractivity contribution is 0.152. The van der Waals surface area contributed by atoms with E-state index in [1.165, 1.54) is 30.2 Å². The number of para-hydroxylation sites is 1. The van der Waals surface area contributed by atoms with Crippen LogP contribution in [0.3, 0.4) is 0 Å². The van der Waals surface area contributed by atoms with Crippen LogP contribution in [0.4, 0.5) is 0 Å². The van der Waals surface area contributed by atoms with E-state index < -0.39 is 0 Å². The molecule has 0 amide bonds. The minimum Gasteiger partial charge on any atom is -0.459 e. The third-order valence-corrected chi connectivity index (χ3v) is 4.07. The van der Waals surface area contributed by atoms with Gasteiger partial charge < -0.3 is 10.2 Å². The summed E-state index contributed by atoms with van der Waals surface area (Å²) >= 11 is 0. The maximum atomic E-state index is 5.83. The van der Waals surface area contributed by atoms with Crippen LogP contribution in [0.15, 0.2) is 28.7 Å². The van der Waals surface area contributed by atoms with Crippen LogP contribution in [0.1, 0.15) is 30.6 Å². The number of nitrogens with two attached hydrogens (primary N) is 1. The second-order valence-corrected chi connectivity index (χ2v) is 5.20.